The van der Waals surface area contributed by atoms with Gasteiger partial charge in [0.15, 0.2) is 17.6 Å². The van der Waals surface area contributed by atoms with Gasteiger partial charge in [-0.25, -0.2) is 0 Å². The Hall–Kier alpha value is -1.92. The number of pyridine rings is 1. The van der Waals surface area contributed by atoms with Crippen LogP contribution in [0.5, 0.6) is 11.5 Å². The summed E-state index contributed by atoms with van der Waals surface area (Å²) in [6, 6.07) is 5.95. The molecule has 6 heteroatoms. The third-order valence-corrected chi connectivity index (χ3v) is 4.70. The summed E-state index contributed by atoms with van der Waals surface area (Å²) in [5, 5.41) is 0. The highest BCUT2D eigenvalue weighted by atomic mass is 32.2. The number of hydrogen-bond donors (Lipinski definition) is 0. The number of thioether (sulfide) groups is 1. The fraction of sp³-hybridized carbons (Fsp3) is 0.389. The van der Waals surface area contributed by atoms with Crippen LogP contribution in [0.3, 0.4) is 0 Å². The number of rotatable bonds is 4. The molecule has 2 aromatic rings. The van der Waals surface area contributed by atoms with Crippen LogP contribution in [0.25, 0.3) is 11.1 Å². The Morgan fingerprint density at radius 1 is 1.38 bits per heavy atom. The normalized spacial score (nSPS) is 16.2. The quantitative estimate of drug-likeness (QED) is 0.796. The van der Waals surface area contributed by atoms with Crippen LogP contribution >= 0.6 is 11.8 Å². The molecule has 0 amide bonds. The molecule has 2 heterocycles. The molecule has 0 N–H and O–H groups in total. The van der Waals surface area contributed by atoms with E-state index in [2.05, 4.69) is 6.07 Å². The highest BCUT2D eigenvalue weighted by molar-refractivity contribution is 7.98. The maximum absolute atomic E-state index is 12.0. The van der Waals surface area contributed by atoms with Gasteiger partial charge >= 0.3 is 0 Å². The van der Waals surface area contributed by atoms with E-state index in [1.165, 1.54) is 0 Å². The second-order valence-electron chi connectivity index (χ2n) is 5.84. The second kappa shape index (κ2) is 6.91. The van der Waals surface area contributed by atoms with E-state index in [0.29, 0.717) is 18.8 Å². The molecule has 1 aliphatic heterocycles. The predicted octanol–water partition coefficient (Wildman–Crippen LogP) is 2.87. The maximum atomic E-state index is 12.0. The molecule has 24 heavy (non-hydrogen) atoms. The van der Waals surface area contributed by atoms with Gasteiger partial charge in [0.05, 0.1) is 6.61 Å². The van der Waals surface area contributed by atoms with Gasteiger partial charge in [0.25, 0.3) is 5.56 Å². The lowest BCUT2D eigenvalue weighted by Crippen LogP contribution is -2.33. The second-order valence-corrected chi connectivity index (χ2v) is 6.72. The van der Waals surface area contributed by atoms with E-state index in [4.69, 9.17) is 14.2 Å². The summed E-state index contributed by atoms with van der Waals surface area (Å²) in [7, 11) is 3.41. The van der Waals surface area contributed by atoms with Gasteiger partial charge in [0.2, 0.25) is 0 Å². The zero-order chi connectivity index (χ0) is 17.3. The molecule has 1 aliphatic rings. The molecular formula is C18H21NO4S. The maximum Gasteiger partial charge on any atom is 0.253 e. The fourth-order valence-corrected chi connectivity index (χ4v) is 3.29. The van der Waals surface area contributed by atoms with Crippen molar-refractivity contribution in [3.8, 4) is 22.6 Å². The van der Waals surface area contributed by atoms with Gasteiger partial charge in [-0.05, 0) is 31.4 Å². The first kappa shape index (κ1) is 16.9. The van der Waals surface area contributed by atoms with E-state index in [1.54, 1.807) is 30.5 Å². The molecule has 0 bridgehead atoms. The average molecular weight is 347 g/mol. The fourth-order valence-electron chi connectivity index (χ4n) is 2.83. The van der Waals surface area contributed by atoms with Crippen molar-refractivity contribution in [3.05, 3.63) is 40.3 Å². The lowest BCUT2D eigenvalue weighted by Gasteiger charge is -2.28. The van der Waals surface area contributed by atoms with E-state index >= 15 is 0 Å². The zero-order valence-corrected chi connectivity index (χ0v) is 15.1. The van der Waals surface area contributed by atoms with Crippen LogP contribution in [-0.4, -0.2) is 37.3 Å². The van der Waals surface area contributed by atoms with E-state index in [1.807, 2.05) is 31.5 Å². The lowest BCUT2D eigenvalue weighted by molar-refractivity contribution is 0.0273. The number of aryl methyl sites for hydroxylation is 2. The number of hydrogen-bond acceptors (Lipinski definition) is 5. The minimum Gasteiger partial charge on any atom is -0.485 e. The van der Waals surface area contributed by atoms with Crippen molar-refractivity contribution < 1.29 is 14.2 Å². The van der Waals surface area contributed by atoms with Crippen LogP contribution in [0.1, 0.15) is 5.56 Å². The van der Waals surface area contributed by atoms with Crippen LogP contribution in [0.2, 0.25) is 0 Å². The molecule has 5 nitrogen and oxygen atoms in total. The molecule has 0 radical (unpaired) electrons. The summed E-state index contributed by atoms with van der Waals surface area (Å²) in [5.41, 5.74) is 2.58. The monoisotopic (exact) mass is 347 g/mol. The molecule has 128 valence electrons. The number of benzene rings is 1. The molecule has 0 spiro atoms. The smallest absolute Gasteiger partial charge is 0.253 e. The number of methoxy groups -OCH3 is 1. The molecule has 0 saturated heterocycles. The minimum atomic E-state index is -0.116. The molecule has 1 unspecified atom stereocenters. The van der Waals surface area contributed by atoms with Gasteiger partial charge in [-0.2, -0.15) is 0 Å². The summed E-state index contributed by atoms with van der Waals surface area (Å²) >= 11 is 1.64. The standard InChI is InChI=1S/C18H21NO4S/c1-11-5-12(8-19(2)18(11)20)15-6-14(24-4)7-16-17(15)22-10-13(23-16)9-21-3/h5-8,13H,9-10H2,1-4H3. The van der Waals surface area contributed by atoms with Gasteiger partial charge in [0, 0.05) is 41.9 Å². The van der Waals surface area contributed by atoms with Crippen molar-refractivity contribution in [2.24, 2.45) is 7.05 Å². The van der Waals surface area contributed by atoms with Gasteiger partial charge in [-0.3, -0.25) is 4.79 Å². The topological polar surface area (TPSA) is 49.7 Å². The SMILES string of the molecule is COCC1COc2c(cc(SC)cc2-c2cc(C)c(=O)n(C)c2)O1. The molecule has 1 aromatic carbocycles. The van der Waals surface area contributed by atoms with Crippen LogP contribution in [0, 0.1) is 6.92 Å². The van der Waals surface area contributed by atoms with Gasteiger partial charge in [-0.15, -0.1) is 11.8 Å². The number of fused-ring (bicyclic) bond motifs is 1. The lowest BCUT2D eigenvalue weighted by atomic mass is 10.0. The highest BCUT2D eigenvalue weighted by Gasteiger charge is 2.25. The molecule has 1 atom stereocenters. The summed E-state index contributed by atoms with van der Waals surface area (Å²) < 4.78 is 18.8. The Morgan fingerprint density at radius 3 is 2.83 bits per heavy atom. The van der Waals surface area contributed by atoms with Crippen LogP contribution in [0.4, 0.5) is 0 Å². The molecule has 0 fully saturated rings. The van der Waals surface area contributed by atoms with Crippen molar-refractivity contribution in [2.45, 2.75) is 17.9 Å². The van der Waals surface area contributed by atoms with Crippen molar-refractivity contribution in [1.82, 2.24) is 4.57 Å². The van der Waals surface area contributed by atoms with E-state index in [0.717, 1.165) is 27.5 Å². The van der Waals surface area contributed by atoms with Crippen molar-refractivity contribution in [2.75, 3.05) is 26.6 Å². The largest absolute Gasteiger partial charge is 0.485 e. The van der Waals surface area contributed by atoms with Crippen LogP contribution in [0.15, 0.2) is 34.1 Å². The van der Waals surface area contributed by atoms with Gasteiger partial charge < -0.3 is 18.8 Å². The molecule has 0 aliphatic carbocycles. The Bertz CT molecular complexity index is 789. The summed E-state index contributed by atoms with van der Waals surface area (Å²) in [5.74, 6) is 1.44. The number of nitrogens with zero attached hydrogens (tertiary/aromatic N) is 1. The summed E-state index contributed by atoms with van der Waals surface area (Å²) in [4.78, 5) is 13.0. The van der Waals surface area contributed by atoms with E-state index in [-0.39, 0.29) is 11.7 Å². The van der Waals surface area contributed by atoms with Crippen LogP contribution in [-0.2, 0) is 11.8 Å². The van der Waals surface area contributed by atoms with E-state index in [9.17, 15) is 4.79 Å². The summed E-state index contributed by atoms with van der Waals surface area (Å²) in [6.07, 6.45) is 3.74. The third kappa shape index (κ3) is 3.16. The Kier molecular flexibility index (Phi) is 4.87. The first-order valence-electron chi connectivity index (χ1n) is 7.71. The minimum absolute atomic E-state index is 0.00552. The average Bonchev–Trinajstić information content (AvgIpc) is 2.58. The van der Waals surface area contributed by atoms with Gasteiger partial charge in [-0.1, -0.05) is 0 Å². The van der Waals surface area contributed by atoms with E-state index < -0.39 is 0 Å². The zero-order valence-electron chi connectivity index (χ0n) is 14.3. The highest BCUT2D eigenvalue weighted by Crippen LogP contribution is 2.43. The number of aromatic nitrogens is 1. The predicted molar refractivity (Wildman–Crippen MR) is 95.4 cm³/mol. The molecule has 3 rings (SSSR count). The molecular weight excluding hydrogens is 326 g/mol. The summed E-state index contributed by atoms with van der Waals surface area (Å²) in [6.45, 7) is 2.75. The Balaban J connectivity index is 2.12. The van der Waals surface area contributed by atoms with Crippen molar-refractivity contribution in [1.29, 1.82) is 0 Å². The van der Waals surface area contributed by atoms with Crippen LogP contribution < -0.4 is 15.0 Å². The first-order chi connectivity index (χ1) is 11.5. The third-order valence-electron chi connectivity index (χ3n) is 4.00. The Labute approximate surface area is 145 Å². The number of ether oxygens (including phenoxy) is 3. The first-order valence-corrected chi connectivity index (χ1v) is 8.94. The van der Waals surface area contributed by atoms with Gasteiger partial charge in [0.1, 0.15) is 6.61 Å². The molecule has 1 aromatic heterocycles. The van der Waals surface area contributed by atoms with Crippen molar-refractivity contribution >= 4 is 11.8 Å². The molecule has 0 saturated carbocycles. The van der Waals surface area contributed by atoms with Crippen molar-refractivity contribution in [3.63, 3.8) is 0 Å². The Morgan fingerprint density at radius 2 is 2.17 bits per heavy atom.